The number of benzene rings is 2. The molecule has 1 aliphatic heterocycles. The molecule has 4 rings (SSSR count). The number of pyridine rings is 1. The first-order chi connectivity index (χ1) is 22.8. The number of carbonyl (C=O) groups is 4. The monoisotopic (exact) mass is 682 g/mol. The average molecular weight is 683 g/mol. The molecule has 3 aromatic rings. The molecule has 10 nitrogen and oxygen atoms in total. The highest BCUT2D eigenvalue weighted by Crippen LogP contribution is 2.39. The van der Waals surface area contributed by atoms with Crippen molar-refractivity contribution < 1.29 is 37.5 Å². The fourth-order valence-corrected chi connectivity index (χ4v) is 6.27. The average Bonchev–Trinajstić information content (AvgIpc) is 3.21. The molecule has 3 amide bonds. The number of hydrogen-bond acceptors (Lipinski definition) is 6. The number of halogens is 3. The van der Waals surface area contributed by atoms with E-state index in [1.807, 2.05) is 32.0 Å². The molecule has 13 heteroatoms. The lowest BCUT2D eigenvalue weighted by Crippen LogP contribution is -2.40. The van der Waals surface area contributed by atoms with Gasteiger partial charge in [-0.1, -0.05) is 32.0 Å². The molecule has 1 aliphatic rings. The molecule has 0 fully saturated rings. The van der Waals surface area contributed by atoms with E-state index in [4.69, 9.17) is 0 Å². The van der Waals surface area contributed by atoms with Crippen molar-refractivity contribution in [1.82, 2.24) is 19.7 Å². The van der Waals surface area contributed by atoms with Crippen molar-refractivity contribution in [2.75, 3.05) is 27.7 Å². The summed E-state index contributed by atoms with van der Waals surface area (Å²) in [6.45, 7) is 7.50. The lowest BCUT2D eigenvalue weighted by atomic mass is 9.87. The third-order valence-electron chi connectivity index (χ3n) is 8.69. The third kappa shape index (κ3) is 7.93. The van der Waals surface area contributed by atoms with E-state index >= 15 is 0 Å². The summed E-state index contributed by atoms with van der Waals surface area (Å²) in [6.07, 6.45) is -4.34. The second kappa shape index (κ2) is 14.4. The van der Waals surface area contributed by atoms with Crippen LogP contribution >= 0.6 is 0 Å². The van der Waals surface area contributed by atoms with E-state index in [9.17, 15) is 42.3 Å². The van der Waals surface area contributed by atoms with Gasteiger partial charge in [0.1, 0.15) is 6.04 Å². The number of likely N-dealkylation sites (N-methyl/N-ethyl adjacent to an activating group) is 1. The number of hydrogen-bond donors (Lipinski definition) is 2. The highest BCUT2D eigenvalue weighted by Gasteiger charge is 2.38. The van der Waals surface area contributed by atoms with Crippen LogP contribution in [0.1, 0.15) is 87.3 Å². The maximum atomic E-state index is 14.1. The van der Waals surface area contributed by atoms with Gasteiger partial charge in [-0.15, -0.1) is 0 Å². The Hall–Kier alpha value is -4.78. The number of aliphatic carboxylic acids is 1. The predicted octanol–water partition coefficient (Wildman–Crippen LogP) is 5.40. The molecule has 0 radical (unpaired) electrons. The lowest BCUT2D eigenvalue weighted by Gasteiger charge is -2.27. The Morgan fingerprint density at radius 2 is 1.57 bits per heavy atom. The van der Waals surface area contributed by atoms with Gasteiger partial charge in [-0.05, 0) is 92.2 Å². The molecule has 0 bridgehead atoms. The number of carbonyl (C=O) groups excluding carboxylic acids is 3. The number of nitrogens with zero attached hydrogens (tertiary/aromatic N) is 3. The molecular formula is C36H41F3N4O6. The summed E-state index contributed by atoms with van der Waals surface area (Å²) in [5, 5.41) is 12.6. The molecule has 2 atom stereocenters. The standard InChI is InChI=1S/C36H41F3N4O6/c1-19(2)13-28(43-18-22(11-12-41(5)6)26(16-29(43)44)36(37,38)39)33(47)40-27(17-30(45)46)23-14-24(31-20(3)9-8-10-21(31)4)32-25(15-23)34(48)42(7)35(32)49/h8-10,14-16,18-19,27-28H,11-13,17H2,1-7H3,(H,40,47)(H,45,46)/t27-,28+/m0/s1. The SMILES string of the molecule is Cc1cccc(C)c1-c1cc([C@H](CC(=O)O)NC(=O)[C@@H](CC(C)C)n2cc(CCN(C)C)c(C(F)(F)F)cc2=O)cc2c1C(=O)N(C)C2=O. The maximum absolute atomic E-state index is 14.1. The normalized spacial score (nSPS) is 14.4. The summed E-state index contributed by atoms with van der Waals surface area (Å²) in [5.74, 6) is -3.37. The van der Waals surface area contributed by atoms with Crippen molar-refractivity contribution >= 4 is 23.7 Å². The number of aryl methyl sites for hydroxylation is 2. The highest BCUT2D eigenvalue weighted by molar-refractivity contribution is 6.24. The number of nitrogens with one attached hydrogen (secondary N) is 1. The number of amides is 3. The first-order valence-corrected chi connectivity index (χ1v) is 15.9. The van der Waals surface area contributed by atoms with Crippen LogP contribution in [-0.2, 0) is 22.2 Å². The smallest absolute Gasteiger partial charge is 0.416 e. The summed E-state index contributed by atoms with van der Waals surface area (Å²) in [6, 6.07) is 6.48. The van der Waals surface area contributed by atoms with E-state index in [0.717, 1.165) is 26.8 Å². The third-order valence-corrected chi connectivity index (χ3v) is 8.69. The zero-order chi connectivity index (χ0) is 36.5. The molecule has 0 spiro atoms. The van der Waals surface area contributed by atoms with Crippen LogP contribution in [0.15, 0.2) is 47.4 Å². The molecule has 0 unspecified atom stereocenters. The fraction of sp³-hybridized carbons (Fsp3) is 0.417. The minimum absolute atomic E-state index is 0.0444. The van der Waals surface area contributed by atoms with Crippen LogP contribution in [0.4, 0.5) is 13.2 Å². The van der Waals surface area contributed by atoms with E-state index in [1.54, 1.807) is 38.9 Å². The minimum atomic E-state index is -4.80. The van der Waals surface area contributed by atoms with Gasteiger partial charge in [0.2, 0.25) is 5.91 Å². The van der Waals surface area contributed by atoms with E-state index in [-0.39, 0.29) is 47.6 Å². The van der Waals surface area contributed by atoms with Gasteiger partial charge < -0.3 is 19.9 Å². The molecule has 0 aliphatic carbocycles. The van der Waals surface area contributed by atoms with Crippen molar-refractivity contribution in [2.45, 2.75) is 65.2 Å². The van der Waals surface area contributed by atoms with Gasteiger partial charge >= 0.3 is 12.1 Å². The molecule has 2 aromatic carbocycles. The minimum Gasteiger partial charge on any atom is -0.481 e. The van der Waals surface area contributed by atoms with Gasteiger partial charge in [0, 0.05) is 25.9 Å². The Morgan fingerprint density at radius 3 is 2.12 bits per heavy atom. The second-order valence-electron chi connectivity index (χ2n) is 13.2. The van der Waals surface area contributed by atoms with Crippen LogP contribution in [0.5, 0.6) is 0 Å². The Morgan fingerprint density at radius 1 is 0.959 bits per heavy atom. The van der Waals surface area contributed by atoms with Crippen molar-refractivity contribution in [3.05, 3.63) is 91.9 Å². The summed E-state index contributed by atoms with van der Waals surface area (Å²) < 4.78 is 42.9. The highest BCUT2D eigenvalue weighted by atomic mass is 19.4. The Bertz CT molecular complexity index is 1840. The maximum Gasteiger partial charge on any atom is 0.416 e. The van der Waals surface area contributed by atoms with Crippen molar-refractivity contribution in [1.29, 1.82) is 0 Å². The van der Waals surface area contributed by atoms with Crippen LogP contribution in [0.2, 0.25) is 0 Å². The van der Waals surface area contributed by atoms with Gasteiger partial charge in [-0.2, -0.15) is 13.2 Å². The Labute approximate surface area is 282 Å². The predicted molar refractivity (Wildman–Crippen MR) is 177 cm³/mol. The van der Waals surface area contributed by atoms with Gasteiger partial charge in [0.05, 0.1) is 29.2 Å². The van der Waals surface area contributed by atoms with Gasteiger partial charge in [-0.3, -0.25) is 28.9 Å². The van der Waals surface area contributed by atoms with Gasteiger partial charge in [-0.25, -0.2) is 0 Å². The van der Waals surface area contributed by atoms with Crippen molar-refractivity contribution in [3.8, 4) is 11.1 Å². The summed E-state index contributed by atoms with van der Waals surface area (Å²) in [7, 11) is 4.75. The number of rotatable bonds is 12. The summed E-state index contributed by atoms with van der Waals surface area (Å²) in [5.41, 5.74) is 0.863. The van der Waals surface area contributed by atoms with Crippen LogP contribution < -0.4 is 10.9 Å². The Kier molecular flexibility index (Phi) is 10.9. The number of aromatic nitrogens is 1. The molecule has 0 saturated heterocycles. The topological polar surface area (TPSA) is 129 Å². The van der Waals surface area contributed by atoms with Crippen LogP contribution in [0, 0.1) is 19.8 Å². The molecule has 49 heavy (non-hydrogen) atoms. The molecule has 2 heterocycles. The molecule has 2 N–H and O–H groups in total. The first-order valence-electron chi connectivity index (χ1n) is 15.9. The van der Waals surface area contributed by atoms with Crippen LogP contribution in [-0.4, -0.2) is 70.9 Å². The van der Waals surface area contributed by atoms with E-state index < -0.39 is 59.5 Å². The molecule has 0 saturated carbocycles. The van der Waals surface area contributed by atoms with E-state index in [2.05, 4.69) is 5.32 Å². The molecule has 262 valence electrons. The van der Waals surface area contributed by atoms with Crippen LogP contribution in [0.3, 0.4) is 0 Å². The Balaban J connectivity index is 1.87. The number of imide groups is 1. The zero-order valence-electron chi connectivity index (χ0n) is 28.6. The quantitative estimate of drug-likeness (QED) is 0.245. The van der Waals surface area contributed by atoms with Gasteiger partial charge in [0.25, 0.3) is 17.4 Å². The van der Waals surface area contributed by atoms with E-state index in [1.165, 1.54) is 13.1 Å². The van der Waals surface area contributed by atoms with Crippen molar-refractivity contribution in [3.63, 3.8) is 0 Å². The summed E-state index contributed by atoms with van der Waals surface area (Å²) in [4.78, 5) is 68.7. The number of fused-ring (bicyclic) bond motifs is 1. The van der Waals surface area contributed by atoms with Gasteiger partial charge in [0.15, 0.2) is 0 Å². The summed E-state index contributed by atoms with van der Waals surface area (Å²) >= 11 is 0. The molecular weight excluding hydrogens is 641 g/mol. The number of carboxylic acid groups (broad SMARTS) is 1. The number of carboxylic acids is 1. The number of alkyl halides is 3. The van der Waals surface area contributed by atoms with Crippen LogP contribution in [0.25, 0.3) is 11.1 Å². The molecule has 1 aromatic heterocycles. The largest absolute Gasteiger partial charge is 0.481 e. The first kappa shape index (κ1) is 37.0. The second-order valence-corrected chi connectivity index (χ2v) is 13.2. The fourth-order valence-electron chi connectivity index (χ4n) is 6.27. The lowest BCUT2D eigenvalue weighted by molar-refractivity contribution is -0.139. The zero-order valence-corrected chi connectivity index (χ0v) is 28.6. The van der Waals surface area contributed by atoms with Crippen molar-refractivity contribution in [2.24, 2.45) is 5.92 Å². The van der Waals surface area contributed by atoms with E-state index in [0.29, 0.717) is 17.2 Å².